The second-order valence-electron chi connectivity index (χ2n) is 4.66. The normalized spacial score (nSPS) is 17.5. The van der Waals surface area contributed by atoms with Gasteiger partial charge in [0.15, 0.2) is 0 Å². The summed E-state index contributed by atoms with van der Waals surface area (Å²) in [5.41, 5.74) is 1.62. The van der Waals surface area contributed by atoms with E-state index in [9.17, 15) is 4.79 Å². The second kappa shape index (κ2) is 3.57. The molecule has 0 unspecified atom stereocenters. The maximum absolute atomic E-state index is 10.6. The molecule has 0 bridgehead atoms. The van der Waals surface area contributed by atoms with Crippen LogP contribution in [0.1, 0.15) is 30.6 Å². The Morgan fingerprint density at radius 2 is 2.24 bits per heavy atom. The third-order valence-electron chi connectivity index (χ3n) is 3.63. The van der Waals surface area contributed by atoms with Crippen molar-refractivity contribution in [1.29, 1.82) is 0 Å². The van der Waals surface area contributed by atoms with Gasteiger partial charge in [-0.3, -0.25) is 0 Å². The van der Waals surface area contributed by atoms with E-state index < -0.39 is 0 Å². The van der Waals surface area contributed by atoms with Crippen LogP contribution in [0, 0.1) is 6.92 Å². The van der Waals surface area contributed by atoms with Crippen LogP contribution < -0.4 is 0 Å². The van der Waals surface area contributed by atoms with Crippen molar-refractivity contribution in [3.05, 3.63) is 35.6 Å². The second-order valence-corrected chi connectivity index (χ2v) is 4.66. The van der Waals surface area contributed by atoms with Gasteiger partial charge in [-0.2, -0.15) is 4.99 Å². The summed E-state index contributed by atoms with van der Waals surface area (Å²) in [5, 5.41) is 1.07. The third-order valence-corrected chi connectivity index (χ3v) is 3.63. The molecule has 3 heteroatoms. The number of rotatable bonds is 2. The molecule has 0 saturated heterocycles. The lowest BCUT2D eigenvalue weighted by atomic mass is 9.71. The summed E-state index contributed by atoms with van der Waals surface area (Å²) in [6.45, 7) is 1.93. The predicted molar refractivity (Wildman–Crippen MR) is 64.6 cm³/mol. The number of aryl methyl sites for hydroxylation is 1. The molecule has 0 N–H and O–H groups in total. The molecule has 3 rings (SSSR count). The smallest absolute Gasteiger partial charge is 0.235 e. The molecule has 0 radical (unpaired) electrons. The molecule has 3 nitrogen and oxygen atoms in total. The number of furan rings is 1. The number of hydrogen-bond acceptors (Lipinski definition) is 3. The Labute approximate surface area is 99.1 Å². The molecule has 1 saturated carbocycles. The summed E-state index contributed by atoms with van der Waals surface area (Å²) in [6.07, 6.45) is 4.68. The highest BCUT2D eigenvalue weighted by Crippen LogP contribution is 2.47. The van der Waals surface area contributed by atoms with Crippen LogP contribution in [0.3, 0.4) is 0 Å². The average molecular weight is 227 g/mol. The number of hydrogen-bond donors (Lipinski definition) is 0. The van der Waals surface area contributed by atoms with Crippen LogP contribution in [0.5, 0.6) is 0 Å². The van der Waals surface area contributed by atoms with Crippen LogP contribution in [0.15, 0.2) is 33.7 Å². The summed E-state index contributed by atoms with van der Waals surface area (Å²) in [5.74, 6) is 0.886. The molecule has 1 aromatic heterocycles. The van der Waals surface area contributed by atoms with Crippen LogP contribution in [0.2, 0.25) is 0 Å². The maximum Gasteiger partial charge on any atom is 0.235 e. The van der Waals surface area contributed by atoms with Gasteiger partial charge >= 0.3 is 0 Å². The Kier molecular flexibility index (Phi) is 2.17. The SMILES string of the molecule is Cc1cc2c(C3(N=C=O)CCC3)cccc2o1. The van der Waals surface area contributed by atoms with E-state index in [1.807, 2.05) is 31.2 Å². The predicted octanol–water partition coefficient (Wildman–Crippen LogP) is 3.46. The lowest BCUT2D eigenvalue weighted by molar-refractivity contribution is 0.258. The fourth-order valence-electron chi connectivity index (χ4n) is 2.63. The van der Waals surface area contributed by atoms with Crippen molar-refractivity contribution >= 4 is 17.0 Å². The van der Waals surface area contributed by atoms with Crippen molar-refractivity contribution in [3.8, 4) is 0 Å². The molecule has 0 spiro atoms. The fraction of sp³-hybridized carbons (Fsp3) is 0.357. The van der Waals surface area contributed by atoms with Crippen molar-refractivity contribution in [2.24, 2.45) is 4.99 Å². The van der Waals surface area contributed by atoms with E-state index in [1.54, 1.807) is 6.08 Å². The lowest BCUT2D eigenvalue weighted by Gasteiger charge is -2.37. The van der Waals surface area contributed by atoms with E-state index in [4.69, 9.17) is 4.42 Å². The first-order valence-electron chi connectivity index (χ1n) is 5.84. The number of isocyanates is 1. The fourth-order valence-corrected chi connectivity index (χ4v) is 2.63. The van der Waals surface area contributed by atoms with Gasteiger partial charge in [0.05, 0.1) is 5.54 Å². The van der Waals surface area contributed by atoms with Gasteiger partial charge in [0, 0.05) is 5.39 Å². The first-order valence-corrected chi connectivity index (χ1v) is 5.84. The highest BCUT2D eigenvalue weighted by Gasteiger charge is 2.40. The van der Waals surface area contributed by atoms with Gasteiger partial charge in [0.1, 0.15) is 11.3 Å². The minimum atomic E-state index is -0.350. The summed E-state index contributed by atoms with van der Waals surface area (Å²) < 4.78 is 5.61. The summed E-state index contributed by atoms with van der Waals surface area (Å²) in [6, 6.07) is 7.96. The summed E-state index contributed by atoms with van der Waals surface area (Å²) in [7, 11) is 0. The Morgan fingerprint density at radius 1 is 1.41 bits per heavy atom. The van der Waals surface area contributed by atoms with Crippen LogP contribution in [-0.4, -0.2) is 6.08 Å². The molecule has 1 fully saturated rings. The minimum absolute atomic E-state index is 0.350. The molecular weight excluding hydrogens is 214 g/mol. The standard InChI is InChI=1S/C14H13NO2/c1-10-8-11-12(4-2-5-13(11)17-10)14(15-9-16)6-3-7-14/h2,4-5,8H,3,6-7H2,1H3. The zero-order valence-corrected chi connectivity index (χ0v) is 9.69. The van der Waals surface area contributed by atoms with Gasteiger partial charge in [0.2, 0.25) is 6.08 Å². The largest absolute Gasteiger partial charge is 0.461 e. The molecule has 0 amide bonds. The van der Waals surface area contributed by atoms with Crippen LogP contribution in [0.4, 0.5) is 0 Å². The highest BCUT2D eigenvalue weighted by atomic mass is 16.3. The van der Waals surface area contributed by atoms with Crippen molar-refractivity contribution in [3.63, 3.8) is 0 Å². The van der Waals surface area contributed by atoms with Crippen LogP contribution >= 0.6 is 0 Å². The minimum Gasteiger partial charge on any atom is -0.461 e. The first kappa shape index (κ1) is 10.3. The number of aliphatic imine (C=N–C) groups is 1. The van der Waals surface area contributed by atoms with Crippen molar-refractivity contribution < 1.29 is 9.21 Å². The van der Waals surface area contributed by atoms with Crippen molar-refractivity contribution in [2.75, 3.05) is 0 Å². The van der Waals surface area contributed by atoms with E-state index >= 15 is 0 Å². The molecule has 86 valence electrons. The molecule has 1 aliphatic carbocycles. The van der Waals surface area contributed by atoms with Crippen molar-refractivity contribution in [1.82, 2.24) is 0 Å². The molecule has 17 heavy (non-hydrogen) atoms. The highest BCUT2D eigenvalue weighted by molar-refractivity contribution is 5.83. The Balaban J connectivity index is 2.25. The molecule has 0 aliphatic heterocycles. The number of benzene rings is 1. The zero-order chi connectivity index (χ0) is 11.9. The number of fused-ring (bicyclic) bond motifs is 1. The van der Waals surface area contributed by atoms with E-state index in [0.717, 1.165) is 41.6 Å². The maximum atomic E-state index is 10.6. The van der Waals surface area contributed by atoms with Crippen LogP contribution in [-0.2, 0) is 10.3 Å². The van der Waals surface area contributed by atoms with Crippen molar-refractivity contribution in [2.45, 2.75) is 31.7 Å². The number of nitrogens with zero attached hydrogens (tertiary/aromatic N) is 1. The van der Waals surface area contributed by atoms with Gasteiger partial charge in [-0.25, -0.2) is 4.79 Å². The molecule has 1 aliphatic rings. The Hall–Kier alpha value is -1.86. The molecule has 2 aromatic rings. The summed E-state index contributed by atoms with van der Waals surface area (Å²) >= 11 is 0. The summed E-state index contributed by atoms with van der Waals surface area (Å²) in [4.78, 5) is 14.7. The van der Waals surface area contributed by atoms with Crippen LogP contribution in [0.25, 0.3) is 11.0 Å². The average Bonchev–Trinajstić information content (AvgIpc) is 2.63. The lowest BCUT2D eigenvalue weighted by Crippen LogP contribution is -2.31. The Morgan fingerprint density at radius 3 is 2.88 bits per heavy atom. The van der Waals surface area contributed by atoms with Gasteiger partial charge < -0.3 is 4.42 Å². The molecule has 1 heterocycles. The first-order chi connectivity index (χ1) is 8.25. The van der Waals surface area contributed by atoms with Gasteiger partial charge in [-0.05, 0) is 43.9 Å². The molecule has 1 aromatic carbocycles. The van der Waals surface area contributed by atoms with E-state index in [0.29, 0.717) is 0 Å². The van der Waals surface area contributed by atoms with Gasteiger partial charge in [0.25, 0.3) is 0 Å². The topological polar surface area (TPSA) is 42.6 Å². The zero-order valence-electron chi connectivity index (χ0n) is 9.69. The quantitative estimate of drug-likeness (QED) is 0.582. The third kappa shape index (κ3) is 1.43. The Bertz CT molecular complexity index is 616. The van der Waals surface area contributed by atoms with E-state index in [-0.39, 0.29) is 5.54 Å². The van der Waals surface area contributed by atoms with Gasteiger partial charge in [-0.1, -0.05) is 12.1 Å². The molecular formula is C14H13NO2. The number of carbonyl (C=O) groups excluding carboxylic acids is 1. The van der Waals surface area contributed by atoms with Gasteiger partial charge in [-0.15, -0.1) is 0 Å². The van der Waals surface area contributed by atoms with E-state index in [2.05, 4.69) is 4.99 Å². The molecule has 0 atom stereocenters. The van der Waals surface area contributed by atoms with E-state index in [1.165, 1.54) is 0 Å². The monoisotopic (exact) mass is 227 g/mol.